The summed E-state index contributed by atoms with van der Waals surface area (Å²) in [5, 5.41) is 3.09. The fraction of sp³-hybridized carbons (Fsp3) is 0.538. The van der Waals surface area contributed by atoms with Gasteiger partial charge in [0.2, 0.25) is 0 Å². The van der Waals surface area contributed by atoms with E-state index in [1.807, 2.05) is 0 Å². The van der Waals surface area contributed by atoms with Crippen molar-refractivity contribution in [1.82, 2.24) is 0 Å². The summed E-state index contributed by atoms with van der Waals surface area (Å²) in [7, 11) is -6.18. The maximum atomic E-state index is 12.0. The third-order valence-corrected chi connectivity index (χ3v) is 7.13. The molecule has 1 aromatic rings. The van der Waals surface area contributed by atoms with Crippen molar-refractivity contribution in [2.75, 3.05) is 29.1 Å². The highest BCUT2D eigenvalue weighted by molar-refractivity contribution is 7.91. The maximum absolute atomic E-state index is 12.0. The summed E-state index contributed by atoms with van der Waals surface area (Å²) in [5.74, 6) is 0.512. The molecule has 1 aliphatic rings. The predicted molar refractivity (Wildman–Crippen MR) is 79.4 cm³/mol. The first-order chi connectivity index (χ1) is 9.34. The highest BCUT2D eigenvalue weighted by Crippen LogP contribution is 2.24. The lowest BCUT2D eigenvalue weighted by Crippen LogP contribution is -2.17. The molecule has 1 fully saturated rings. The number of nitrogens with one attached hydrogen (secondary N) is 1. The smallest absolute Gasteiger partial charge is 0.180 e. The van der Waals surface area contributed by atoms with E-state index in [0.29, 0.717) is 18.7 Å². The maximum Gasteiger partial charge on any atom is 0.180 e. The Balaban J connectivity index is 2.11. The van der Waals surface area contributed by atoms with Crippen molar-refractivity contribution >= 4 is 25.4 Å². The van der Waals surface area contributed by atoms with Crippen LogP contribution in [0.1, 0.15) is 13.3 Å². The lowest BCUT2D eigenvalue weighted by molar-refractivity contribution is 0.592. The minimum atomic E-state index is -3.28. The van der Waals surface area contributed by atoms with E-state index in [-0.39, 0.29) is 28.1 Å². The minimum absolute atomic E-state index is 0.0451. The summed E-state index contributed by atoms with van der Waals surface area (Å²) >= 11 is 0. The minimum Gasteiger partial charge on any atom is -0.384 e. The summed E-state index contributed by atoms with van der Waals surface area (Å²) in [6.45, 7) is 2.09. The van der Waals surface area contributed by atoms with E-state index in [1.165, 1.54) is 0 Å². The van der Waals surface area contributed by atoms with Crippen LogP contribution >= 0.6 is 0 Å². The van der Waals surface area contributed by atoms with Gasteiger partial charge in [0.15, 0.2) is 19.7 Å². The Morgan fingerprint density at radius 3 is 2.60 bits per heavy atom. The molecule has 0 saturated carbocycles. The molecule has 0 aliphatic carbocycles. The van der Waals surface area contributed by atoms with Crippen LogP contribution in [0.25, 0.3) is 0 Å². The number of hydrogen-bond acceptors (Lipinski definition) is 5. The molecule has 0 bridgehead atoms. The molecule has 0 spiro atoms. The number of rotatable bonds is 5. The second kappa shape index (κ2) is 5.73. The van der Waals surface area contributed by atoms with E-state index in [0.717, 1.165) is 0 Å². The molecular formula is C13H19NO4S2. The van der Waals surface area contributed by atoms with E-state index in [4.69, 9.17) is 0 Å². The van der Waals surface area contributed by atoms with E-state index < -0.39 is 19.7 Å². The molecule has 5 nitrogen and oxygen atoms in total. The standard InChI is InChI=1S/C13H19NO4S2/c1-2-20(17,18)13-6-4-3-5-12(13)14-9-11-7-8-19(15,16)10-11/h3-6,11,14H,2,7-10H2,1H3. The Kier molecular flexibility index (Phi) is 4.39. The second-order valence-corrected chi connectivity index (χ2v) is 9.52. The largest absolute Gasteiger partial charge is 0.384 e. The van der Waals surface area contributed by atoms with Gasteiger partial charge in [-0.05, 0) is 24.5 Å². The molecule has 1 aliphatic heterocycles. The summed E-state index contributed by atoms with van der Waals surface area (Å²) < 4.78 is 46.8. The van der Waals surface area contributed by atoms with Crippen molar-refractivity contribution in [1.29, 1.82) is 0 Å². The van der Waals surface area contributed by atoms with Gasteiger partial charge in [0.1, 0.15) is 0 Å². The molecule has 7 heteroatoms. The summed E-state index contributed by atoms with van der Waals surface area (Å²) in [6.07, 6.45) is 0.637. The number of anilines is 1. The number of para-hydroxylation sites is 1. The first kappa shape index (κ1) is 15.3. The van der Waals surface area contributed by atoms with Crippen LogP contribution in [0, 0.1) is 5.92 Å². The Morgan fingerprint density at radius 2 is 2.00 bits per heavy atom. The van der Waals surface area contributed by atoms with Gasteiger partial charge in [0.05, 0.1) is 27.8 Å². The highest BCUT2D eigenvalue weighted by atomic mass is 32.2. The first-order valence-corrected chi connectivity index (χ1v) is 10.1. The molecule has 1 aromatic carbocycles. The van der Waals surface area contributed by atoms with Crippen molar-refractivity contribution in [2.45, 2.75) is 18.2 Å². The van der Waals surface area contributed by atoms with Crippen molar-refractivity contribution < 1.29 is 16.8 Å². The van der Waals surface area contributed by atoms with Crippen LogP contribution < -0.4 is 5.32 Å². The fourth-order valence-corrected chi connectivity index (χ4v) is 5.26. The van der Waals surface area contributed by atoms with Gasteiger partial charge in [-0.25, -0.2) is 16.8 Å². The lowest BCUT2D eigenvalue weighted by atomic mass is 10.1. The van der Waals surface area contributed by atoms with Crippen molar-refractivity contribution in [3.8, 4) is 0 Å². The van der Waals surface area contributed by atoms with Gasteiger partial charge >= 0.3 is 0 Å². The van der Waals surface area contributed by atoms with Crippen LogP contribution in [-0.2, 0) is 19.7 Å². The SMILES string of the molecule is CCS(=O)(=O)c1ccccc1NCC1CCS(=O)(=O)C1. The average Bonchev–Trinajstić information content (AvgIpc) is 2.76. The molecule has 112 valence electrons. The highest BCUT2D eigenvalue weighted by Gasteiger charge is 2.28. The summed E-state index contributed by atoms with van der Waals surface area (Å²) in [5.41, 5.74) is 0.554. The molecule has 1 heterocycles. The first-order valence-electron chi connectivity index (χ1n) is 6.60. The fourth-order valence-electron chi connectivity index (χ4n) is 2.33. The molecule has 1 atom stereocenters. The average molecular weight is 317 g/mol. The molecule has 20 heavy (non-hydrogen) atoms. The van der Waals surface area contributed by atoms with Crippen LogP contribution in [0.4, 0.5) is 5.69 Å². The molecule has 1 saturated heterocycles. The van der Waals surface area contributed by atoms with Crippen molar-refractivity contribution in [3.05, 3.63) is 24.3 Å². The topological polar surface area (TPSA) is 80.3 Å². The summed E-state index contributed by atoms with van der Waals surface area (Å²) in [6, 6.07) is 6.74. The quantitative estimate of drug-likeness (QED) is 0.886. The van der Waals surface area contributed by atoms with Crippen LogP contribution in [-0.4, -0.2) is 40.6 Å². The van der Waals surface area contributed by atoms with E-state index in [2.05, 4.69) is 5.32 Å². The summed E-state index contributed by atoms with van der Waals surface area (Å²) in [4.78, 5) is 0.281. The Hall–Kier alpha value is -1.08. The number of sulfone groups is 2. The Labute approximate surface area is 120 Å². The Bertz CT molecular complexity index is 680. The third-order valence-electron chi connectivity index (χ3n) is 3.51. The normalized spacial score (nSPS) is 21.8. The van der Waals surface area contributed by atoms with Crippen LogP contribution in [0.3, 0.4) is 0 Å². The molecule has 0 aromatic heterocycles. The number of benzene rings is 1. The molecule has 0 amide bonds. The van der Waals surface area contributed by atoms with Crippen molar-refractivity contribution in [3.63, 3.8) is 0 Å². The number of hydrogen-bond donors (Lipinski definition) is 1. The molecule has 0 radical (unpaired) electrons. The van der Waals surface area contributed by atoms with Crippen LogP contribution in [0.15, 0.2) is 29.2 Å². The van der Waals surface area contributed by atoms with Gasteiger partial charge < -0.3 is 5.32 Å². The van der Waals surface area contributed by atoms with Gasteiger partial charge in [-0.2, -0.15) is 0 Å². The second-order valence-electron chi connectivity index (χ2n) is 5.05. The van der Waals surface area contributed by atoms with Gasteiger partial charge in [0.25, 0.3) is 0 Å². The molecule has 1 unspecified atom stereocenters. The molecular weight excluding hydrogens is 298 g/mol. The van der Waals surface area contributed by atoms with E-state index in [1.54, 1.807) is 31.2 Å². The van der Waals surface area contributed by atoms with Gasteiger partial charge in [-0.1, -0.05) is 19.1 Å². The van der Waals surface area contributed by atoms with Crippen molar-refractivity contribution in [2.24, 2.45) is 5.92 Å². The predicted octanol–water partition coefficient (Wildman–Crippen LogP) is 1.33. The zero-order valence-electron chi connectivity index (χ0n) is 11.4. The van der Waals surface area contributed by atoms with Crippen LogP contribution in [0.2, 0.25) is 0 Å². The van der Waals surface area contributed by atoms with Gasteiger partial charge in [-0.3, -0.25) is 0 Å². The molecule has 2 rings (SSSR count). The zero-order chi connectivity index (χ0) is 14.8. The third kappa shape index (κ3) is 3.52. The van der Waals surface area contributed by atoms with E-state index >= 15 is 0 Å². The zero-order valence-corrected chi connectivity index (χ0v) is 13.0. The monoisotopic (exact) mass is 317 g/mol. The van der Waals surface area contributed by atoms with E-state index in [9.17, 15) is 16.8 Å². The Morgan fingerprint density at radius 1 is 1.30 bits per heavy atom. The van der Waals surface area contributed by atoms with Crippen LogP contribution in [0.5, 0.6) is 0 Å². The lowest BCUT2D eigenvalue weighted by Gasteiger charge is -2.14. The molecule has 1 N–H and O–H groups in total. The van der Waals surface area contributed by atoms with Gasteiger partial charge in [-0.15, -0.1) is 0 Å². The van der Waals surface area contributed by atoms with Gasteiger partial charge in [0, 0.05) is 6.54 Å².